The van der Waals surface area contributed by atoms with Gasteiger partial charge in [-0.25, -0.2) is 0 Å². The van der Waals surface area contributed by atoms with E-state index in [1.54, 1.807) is 17.1 Å². The van der Waals surface area contributed by atoms with Gasteiger partial charge in [-0.3, -0.25) is 9.48 Å². The summed E-state index contributed by atoms with van der Waals surface area (Å²) >= 11 is 0. The van der Waals surface area contributed by atoms with E-state index in [1.807, 2.05) is 13.0 Å². The van der Waals surface area contributed by atoms with Crippen LogP contribution in [0.3, 0.4) is 0 Å². The van der Waals surface area contributed by atoms with Gasteiger partial charge in [0, 0.05) is 18.4 Å². The lowest BCUT2D eigenvalue weighted by Crippen LogP contribution is -2.35. The van der Waals surface area contributed by atoms with Gasteiger partial charge in [-0.1, -0.05) is 13.3 Å². The first kappa shape index (κ1) is 10.8. The van der Waals surface area contributed by atoms with E-state index in [1.165, 1.54) is 0 Å². The van der Waals surface area contributed by atoms with Crippen LogP contribution in [-0.4, -0.2) is 21.7 Å². The van der Waals surface area contributed by atoms with Gasteiger partial charge >= 0.3 is 0 Å². The van der Waals surface area contributed by atoms with E-state index < -0.39 is 0 Å². The maximum atomic E-state index is 11.4. The average Bonchev–Trinajstić information content (AvgIpc) is 2.56. The molecule has 1 heterocycles. The SMILES string of the molecule is CCCC(C)NC(=O)Cn1cccn1. The van der Waals surface area contributed by atoms with Gasteiger partial charge < -0.3 is 5.32 Å². The minimum atomic E-state index is 0.0228. The fourth-order valence-electron chi connectivity index (χ4n) is 1.37. The number of amides is 1. The van der Waals surface area contributed by atoms with Gasteiger partial charge in [-0.05, 0) is 19.4 Å². The molecule has 0 aromatic carbocycles. The molecule has 0 aliphatic heterocycles. The predicted molar refractivity (Wildman–Crippen MR) is 54.7 cm³/mol. The van der Waals surface area contributed by atoms with Crippen molar-refractivity contribution in [3.8, 4) is 0 Å². The molecule has 1 N–H and O–H groups in total. The molecule has 78 valence electrons. The van der Waals surface area contributed by atoms with Gasteiger partial charge in [0.2, 0.25) is 5.91 Å². The average molecular weight is 195 g/mol. The Bertz CT molecular complexity index is 269. The first-order chi connectivity index (χ1) is 6.72. The number of aromatic nitrogens is 2. The van der Waals surface area contributed by atoms with Crippen molar-refractivity contribution in [3.05, 3.63) is 18.5 Å². The van der Waals surface area contributed by atoms with Crippen LogP contribution in [0.5, 0.6) is 0 Å². The third-order valence-electron chi connectivity index (χ3n) is 1.99. The molecule has 1 rings (SSSR count). The molecule has 0 saturated heterocycles. The third-order valence-corrected chi connectivity index (χ3v) is 1.99. The van der Waals surface area contributed by atoms with Crippen molar-refractivity contribution in [3.63, 3.8) is 0 Å². The highest BCUT2D eigenvalue weighted by Crippen LogP contribution is 1.94. The monoisotopic (exact) mass is 195 g/mol. The lowest BCUT2D eigenvalue weighted by molar-refractivity contribution is -0.122. The highest BCUT2D eigenvalue weighted by Gasteiger charge is 2.06. The Hall–Kier alpha value is -1.32. The van der Waals surface area contributed by atoms with Crippen molar-refractivity contribution in [2.75, 3.05) is 0 Å². The number of carbonyl (C=O) groups is 1. The second-order valence-corrected chi connectivity index (χ2v) is 3.46. The smallest absolute Gasteiger partial charge is 0.241 e. The number of nitrogens with zero attached hydrogens (tertiary/aromatic N) is 2. The summed E-state index contributed by atoms with van der Waals surface area (Å²) in [6.07, 6.45) is 5.56. The van der Waals surface area contributed by atoms with Crippen LogP contribution in [0.2, 0.25) is 0 Å². The van der Waals surface area contributed by atoms with Gasteiger partial charge in [-0.2, -0.15) is 5.10 Å². The van der Waals surface area contributed by atoms with Gasteiger partial charge in [0.1, 0.15) is 6.54 Å². The van der Waals surface area contributed by atoms with E-state index in [4.69, 9.17) is 0 Å². The molecule has 0 bridgehead atoms. The van der Waals surface area contributed by atoms with E-state index in [9.17, 15) is 4.79 Å². The van der Waals surface area contributed by atoms with Crippen molar-refractivity contribution in [1.82, 2.24) is 15.1 Å². The van der Waals surface area contributed by atoms with Crippen LogP contribution in [0.1, 0.15) is 26.7 Å². The van der Waals surface area contributed by atoms with Gasteiger partial charge in [0.05, 0.1) is 0 Å². The van der Waals surface area contributed by atoms with Crippen molar-refractivity contribution >= 4 is 5.91 Å². The highest BCUT2D eigenvalue weighted by atomic mass is 16.2. The van der Waals surface area contributed by atoms with Crippen LogP contribution in [0, 0.1) is 0 Å². The summed E-state index contributed by atoms with van der Waals surface area (Å²) in [5.41, 5.74) is 0. The normalized spacial score (nSPS) is 12.4. The Morgan fingerprint density at radius 1 is 1.64 bits per heavy atom. The first-order valence-corrected chi connectivity index (χ1v) is 4.99. The number of hydrogen-bond donors (Lipinski definition) is 1. The molecule has 0 saturated carbocycles. The Morgan fingerprint density at radius 2 is 2.43 bits per heavy atom. The van der Waals surface area contributed by atoms with Crippen molar-refractivity contribution in [2.24, 2.45) is 0 Å². The van der Waals surface area contributed by atoms with E-state index >= 15 is 0 Å². The van der Waals surface area contributed by atoms with Crippen molar-refractivity contribution in [2.45, 2.75) is 39.3 Å². The molecule has 1 unspecified atom stereocenters. The Labute approximate surface area is 84.3 Å². The quantitative estimate of drug-likeness (QED) is 0.767. The molecule has 1 aromatic rings. The molecule has 4 nitrogen and oxygen atoms in total. The van der Waals surface area contributed by atoms with E-state index in [0.717, 1.165) is 12.8 Å². The molecular formula is C10H17N3O. The molecule has 1 atom stereocenters. The molecule has 0 aliphatic carbocycles. The predicted octanol–water partition coefficient (Wildman–Crippen LogP) is 1.19. The summed E-state index contributed by atoms with van der Waals surface area (Å²) < 4.78 is 1.62. The van der Waals surface area contributed by atoms with Gasteiger partial charge in [0.15, 0.2) is 0 Å². The second kappa shape index (κ2) is 5.42. The number of nitrogens with one attached hydrogen (secondary N) is 1. The van der Waals surface area contributed by atoms with Gasteiger partial charge in [0.25, 0.3) is 0 Å². The molecule has 0 spiro atoms. The number of rotatable bonds is 5. The topological polar surface area (TPSA) is 46.9 Å². The minimum Gasteiger partial charge on any atom is -0.352 e. The second-order valence-electron chi connectivity index (χ2n) is 3.46. The van der Waals surface area contributed by atoms with Gasteiger partial charge in [-0.15, -0.1) is 0 Å². The van der Waals surface area contributed by atoms with Crippen LogP contribution in [-0.2, 0) is 11.3 Å². The summed E-state index contributed by atoms with van der Waals surface area (Å²) in [6, 6.07) is 2.06. The van der Waals surface area contributed by atoms with E-state index in [-0.39, 0.29) is 11.9 Å². The molecule has 1 aromatic heterocycles. The molecule has 0 radical (unpaired) electrons. The summed E-state index contributed by atoms with van der Waals surface area (Å²) in [4.78, 5) is 11.4. The van der Waals surface area contributed by atoms with Crippen LogP contribution < -0.4 is 5.32 Å². The molecule has 14 heavy (non-hydrogen) atoms. The fourth-order valence-corrected chi connectivity index (χ4v) is 1.37. The maximum Gasteiger partial charge on any atom is 0.241 e. The highest BCUT2D eigenvalue weighted by molar-refractivity contribution is 5.75. The zero-order chi connectivity index (χ0) is 10.4. The Morgan fingerprint density at radius 3 is 3.00 bits per heavy atom. The lowest BCUT2D eigenvalue weighted by Gasteiger charge is -2.12. The summed E-state index contributed by atoms with van der Waals surface area (Å²) in [7, 11) is 0. The van der Waals surface area contributed by atoms with Crippen LogP contribution in [0.15, 0.2) is 18.5 Å². The van der Waals surface area contributed by atoms with Crippen molar-refractivity contribution in [1.29, 1.82) is 0 Å². The molecular weight excluding hydrogens is 178 g/mol. The molecule has 4 heteroatoms. The fraction of sp³-hybridized carbons (Fsp3) is 0.600. The summed E-state index contributed by atoms with van der Waals surface area (Å²) in [5, 5.41) is 6.88. The number of hydrogen-bond acceptors (Lipinski definition) is 2. The molecule has 1 amide bonds. The summed E-state index contributed by atoms with van der Waals surface area (Å²) in [5.74, 6) is 0.0228. The minimum absolute atomic E-state index is 0.0228. The zero-order valence-electron chi connectivity index (χ0n) is 8.73. The van der Waals surface area contributed by atoms with Crippen LogP contribution in [0.4, 0.5) is 0 Å². The zero-order valence-corrected chi connectivity index (χ0v) is 8.73. The van der Waals surface area contributed by atoms with Crippen LogP contribution >= 0.6 is 0 Å². The summed E-state index contributed by atoms with van der Waals surface area (Å²) in [6.45, 7) is 4.43. The molecule has 0 fully saturated rings. The standard InChI is InChI=1S/C10H17N3O/c1-3-5-9(2)12-10(14)8-13-7-4-6-11-13/h4,6-7,9H,3,5,8H2,1-2H3,(H,12,14). The number of carbonyl (C=O) groups excluding carboxylic acids is 1. The first-order valence-electron chi connectivity index (χ1n) is 4.99. The van der Waals surface area contributed by atoms with E-state index in [2.05, 4.69) is 17.3 Å². The third kappa shape index (κ3) is 3.60. The maximum absolute atomic E-state index is 11.4. The molecule has 0 aliphatic rings. The lowest BCUT2D eigenvalue weighted by atomic mass is 10.2. The van der Waals surface area contributed by atoms with E-state index in [0.29, 0.717) is 6.54 Å². The van der Waals surface area contributed by atoms with Crippen LogP contribution in [0.25, 0.3) is 0 Å². The Kier molecular flexibility index (Phi) is 4.16. The Balaban J connectivity index is 2.29. The largest absolute Gasteiger partial charge is 0.352 e. The van der Waals surface area contributed by atoms with Crippen molar-refractivity contribution < 1.29 is 4.79 Å².